The number of hydrogen-bond acceptors (Lipinski definition) is 2. The summed E-state index contributed by atoms with van der Waals surface area (Å²) in [5, 5.41) is 3.52. The third-order valence-corrected chi connectivity index (χ3v) is 2.60. The van der Waals surface area contributed by atoms with Crippen LogP contribution in [0.15, 0.2) is 29.4 Å². The fourth-order valence-electron chi connectivity index (χ4n) is 1.54. The molecule has 0 radical (unpaired) electrons. The average Bonchev–Trinajstić information content (AvgIpc) is 2.34. The summed E-state index contributed by atoms with van der Waals surface area (Å²) in [6.07, 6.45) is 1.96. The van der Waals surface area contributed by atoms with Gasteiger partial charge in [0.15, 0.2) is 0 Å². The van der Waals surface area contributed by atoms with Crippen LogP contribution in [0.3, 0.4) is 0 Å². The van der Waals surface area contributed by atoms with E-state index in [2.05, 4.69) is 53.2 Å². The molecule has 1 aromatic rings. The molecule has 0 amide bonds. The van der Waals surface area contributed by atoms with Gasteiger partial charge in [0.05, 0.1) is 0 Å². The topological polar surface area (TPSA) is 52.0 Å². The summed E-state index contributed by atoms with van der Waals surface area (Å²) < 4.78 is 0. The van der Waals surface area contributed by atoms with E-state index >= 15 is 0 Å². The Hall–Kier alpha value is -1.67. The van der Waals surface area contributed by atoms with Crippen molar-refractivity contribution < 1.29 is 0 Å². The summed E-state index contributed by atoms with van der Waals surface area (Å²) in [5.41, 5.74) is 10.7. The maximum Gasteiger partial charge on any atom is 0.0363 e. The molecule has 0 saturated heterocycles. The summed E-state index contributed by atoms with van der Waals surface area (Å²) in [6.45, 7) is 3.62. The first-order valence-corrected chi connectivity index (χ1v) is 5.59. The Balaban J connectivity index is 2.45. The predicted molar refractivity (Wildman–Crippen MR) is 67.7 cm³/mol. The highest BCUT2D eigenvalue weighted by molar-refractivity contribution is 5.46. The smallest absolute Gasteiger partial charge is 0.0363 e. The zero-order chi connectivity index (χ0) is 11.8. The molecule has 0 aliphatic heterocycles. The molecule has 86 valence electrons. The quantitative estimate of drug-likeness (QED) is 0.312. The highest BCUT2D eigenvalue weighted by Gasteiger charge is 1.99. The third-order valence-electron chi connectivity index (χ3n) is 2.60. The van der Waals surface area contributed by atoms with Gasteiger partial charge in [0.1, 0.15) is 0 Å². The molecule has 0 aliphatic rings. The SMILES string of the molecule is CCc1ccc(N(C)CCCN=[N+]=[N-])cc1. The van der Waals surface area contributed by atoms with Gasteiger partial charge in [-0.1, -0.05) is 24.2 Å². The molecule has 0 atom stereocenters. The van der Waals surface area contributed by atoms with E-state index in [-0.39, 0.29) is 0 Å². The zero-order valence-electron chi connectivity index (χ0n) is 9.93. The summed E-state index contributed by atoms with van der Waals surface area (Å²) in [5.74, 6) is 0. The fraction of sp³-hybridized carbons (Fsp3) is 0.500. The highest BCUT2D eigenvalue weighted by Crippen LogP contribution is 2.14. The lowest BCUT2D eigenvalue weighted by atomic mass is 10.1. The van der Waals surface area contributed by atoms with E-state index in [1.165, 1.54) is 11.3 Å². The van der Waals surface area contributed by atoms with Crippen molar-refractivity contribution in [3.63, 3.8) is 0 Å². The number of benzene rings is 1. The van der Waals surface area contributed by atoms with Gasteiger partial charge in [-0.3, -0.25) is 0 Å². The second kappa shape index (κ2) is 6.75. The Morgan fingerprint density at radius 1 is 1.31 bits per heavy atom. The van der Waals surface area contributed by atoms with Crippen LogP contribution in [-0.4, -0.2) is 20.1 Å². The van der Waals surface area contributed by atoms with Gasteiger partial charge in [-0.25, -0.2) is 0 Å². The van der Waals surface area contributed by atoms with Gasteiger partial charge in [-0.15, -0.1) is 0 Å². The number of hydrogen-bond donors (Lipinski definition) is 0. The van der Waals surface area contributed by atoms with Crippen LogP contribution < -0.4 is 4.90 Å². The highest BCUT2D eigenvalue weighted by atomic mass is 15.1. The minimum atomic E-state index is 0.563. The number of nitrogens with zero attached hydrogens (tertiary/aromatic N) is 4. The molecule has 4 nitrogen and oxygen atoms in total. The van der Waals surface area contributed by atoms with Crippen molar-refractivity contribution in [3.8, 4) is 0 Å². The molecular weight excluding hydrogens is 200 g/mol. The van der Waals surface area contributed by atoms with E-state index in [1.807, 2.05) is 0 Å². The predicted octanol–water partition coefficient (Wildman–Crippen LogP) is 3.39. The second-order valence-corrected chi connectivity index (χ2v) is 3.75. The molecule has 0 bridgehead atoms. The summed E-state index contributed by atoms with van der Waals surface area (Å²) >= 11 is 0. The molecule has 0 aliphatic carbocycles. The van der Waals surface area contributed by atoms with Gasteiger partial charge < -0.3 is 4.90 Å². The van der Waals surface area contributed by atoms with Crippen LogP contribution in [0.1, 0.15) is 18.9 Å². The summed E-state index contributed by atoms with van der Waals surface area (Å²) in [7, 11) is 2.05. The molecule has 0 N–H and O–H groups in total. The first kappa shape index (κ1) is 12.4. The van der Waals surface area contributed by atoms with E-state index in [0.717, 1.165) is 19.4 Å². The van der Waals surface area contributed by atoms with E-state index in [1.54, 1.807) is 0 Å². The Bertz CT molecular complexity index is 352. The molecule has 0 unspecified atom stereocenters. The third kappa shape index (κ3) is 3.83. The lowest BCUT2D eigenvalue weighted by Crippen LogP contribution is -2.18. The fourth-order valence-corrected chi connectivity index (χ4v) is 1.54. The molecule has 0 fully saturated rings. The van der Waals surface area contributed by atoms with Crippen molar-refractivity contribution in [1.82, 2.24) is 0 Å². The lowest BCUT2D eigenvalue weighted by Gasteiger charge is -2.18. The maximum absolute atomic E-state index is 8.15. The molecule has 0 aromatic heterocycles. The minimum Gasteiger partial charge on any atom is -0.375 e. The first-order valence-electron chi connectivity index (χ1n) is 5.59. The van der Waals surface area contributed by atoms with Crippen molar-refractivity contribution in [3.05, 3.63) is 40.3 Å². The second-order valence-electron chi connectivity index (χ2n) is 3.75. The van der Waals surface area contributed by atoms with E-state index in [9.17, 15) is 0 Å². The number of aryl methyl sites for hydroxylation is 1. The van der Waals surface area contributed by atoms with Crippen LogP contribution in [-0.2, 0) is 6.42 Å². The Morgan fingerprint density at radius 3 is 2.56 bits per heavy atom. The molecule has 1 rings (SSSR count). The Morgan fingerprint density at radius 2 is 2.00 bits per heavy atom. The normalized spacial score (nSPS) is 9.62. The van der Waals surface area contributed by atoms with Crippen molar-refractivity contribution >= 4 is 5.69 Å². The maximum atomic E-state index is 8.15. The molecule has 4 heteroatoms. The van der Waals surface area contributed by atoms with Gasteiger partial charge in [0.2, 0.25) is 0 Å². The van der Waals surface area contributed by atoms with Crippen LogP contribution >= 0.6 is 0 Å². The van der Waals surface area contributed by atoms with Crippen molar-refractivity contribution in [2.45, 2.75) is 19.8 Å². The van der Waals surface area contributed by atoms with Crippen LogP contribution in [0.25, 0.3) is 10.4 Å². The van der Waals surface area contributed by atoms with Gasteiger partial charge in [0, 0.05) is 30.7 Å². The van der Waals surface area contributed by atoms with E-state index in [0.29, 0.717) is 6.54 Å². The van der Waals surface area contributed by atoms with Crippen LogP contribution in [0.2, 0.25) is 0 Å². The Kier molecular flexibility index (Phi) is 5.23. The van der Waals surface area contributed by atoms with Gasteiger partial charge in [-0.2, -0.15) is 0 Å². The van der Waals surface area contributed by atoms with Crippen LogP contribution in [0.4, 0.5) is 5.69 Å². The Labute approximate surface area is 96.5 Å². The standard InChI is InChI=1S/C12H18N4/c1-3-11-5-7-12(8-6-11)16(2)10-4-9-14-15-13/h5-8H,3-4,9-10H2,1-2H3. The number of azide groups is 1. The van der Waals surface area contributed by atoms with E-state index < -0.39 is 0 Å². The molecule has 0 spiro atoms. The average molecular weight is 218 g/mol. The molecule has 0 saturated carbocycles. The van der Waals surface area contributed by atoms with Crippen LogP contribution in [0.5, 0.6) is 0 Å². The molecule has 0 heterocycles. The van der Waals surface area contributed by atoms with Gasteiger partial charge >= 0.3 is 0 Å². The molecular formula is C12H18N4. The lowest BCUT2D eigenvalue weighted by molar-refractivity contribution is 0.792. The zero-order valence-corrected chi connectivity index (χ0v) is 9.93. The van der Waals surface area contributed by atoms with Crippen molar-refractivity contribution in [1.29, 1.82) is 0 Å². The summed E-state index contributed by atoms with van der Waals surface area (Å²) in [6, 6.07) is 8.57. The van der Waals surface area contributed by atoms with Crippen molar-refractivity contribution in [2.24, 2.45) is 5.11 Å². The van der Waals surface area contributed by atoms with Crippen molar-refractivity contribution in [2.75, 3.05) is 25.0 Å². The van der Waals surface area contributed by atoms with Gasteiger partial charge in [-0.05, 0) is 36.1 Å². The number of rotatable bonds is 6. The summed E-state index contributed by atoms with van der Waals surface area (Å²) in [4.78, 5) is 4.91. The van der Waals surface area contributed by atoms with Crippen LogP contribution in [0, 0.1) is 0 Å². The first-order chi connectivity index (χ1) is 7.77. The molecule has 16 heavy (non-hydrogen) atoms. The van der Waals surface area contributed by atoms with Gasteiger partial charge in [0.25, 0.3) is 0 Å². The number of anilines is 1. The largest absolute Gasteiger partial charge is 0.375 e. The van der Waals surface area contributed by atoms with E-state index in [4.69, 9.17) is 5.53 Å². The monoisotopic (exact) mass is 218 g/mol. The minimum absolute atomic E-state index is 0.563. The molecule has 1 aromatic carbocycles.